The molecule has 128 valence electrons. The van der Waals surface area contributed by atoms with Gasteiger partial charge in [-0.1, -0.05) is 0 Å². The third-order valence-corrected chi connectivity index (χ3v) is 4.48. The predicted molar refractivity (Wildman–Crippen MR) is 87.7 cm³/mol. The number of ketones is 1. The first-order chi connectivity index (χ1) is 11.6. The van der Waals surface area contributed by atoms with Gasteiger partial charge < -0.3 is 9.47 Å². The molecule has 0 atom stereocenters. The Labute approximate surface area is 144 Å². The molecule has 0 bridgehead atoms. The topological polar surface area (TPSA) is 72.9 Å². The number of fused-ring (bicyclic) bond motifs is 1. The standard InChI is InChI=1S/C17H18ClNO5/c18-8-14(20)11-5-6-15-13(7-11)19(16(21)10-23-15)9-17(22)24-12-3-1-2-4-12/h5-7,12H,1-4,8-10H2. The summed E-state index contributed by atoms with van der Waals surface area (Å²) in [6, 6.07) is 4.73. The van der Waals surface area contributed by atoms with Gasteiger partial charge in [0.2, 0.25) is 0 Å². The molecular weight excluding hydrogens is 334 g/mol. The zero-order chi connectivity index (χ0) is 17.1. The molecular formula is C17H18ClNO5. The van der Waals surface area contributed by atoms with Gasteiger partial charge in [-0.05, 0) is 43.9 Å². The lowest BCUT2D eigenvalue weighted by molar-refractivity contribution is -0.147. The Morgan fingerprint density at radius 1 is 1.29 bits per heavy atom. The number of alkyl halides is 1. The molecule has 1 saturated carbocycles. The van der Waals surface area contributed by atoms with Crippen molar-refractivity contribution in [2.24, 2.45) is 0 Å². The summed E-state index contributed by atoms with van der Waals surface area (Å²) >= 11 is 5.58. The van der Waals surface area contributed by atoms with Crippen molar-refractivity contribution < 1.29 is 23.9 Å². The minimum absolute atomic E-state index is 0.0581. The summed E-state index contributed by atoms with van der Waals surface area (Å²) in [6.07, 6.45) is 3.79. The summed E-state index contributed by atoms with van der Waals surface area (Å²) in [7, 11) is 0. The smallest absolute Gasteiger partial charge is 0.326 e. The molecule has 0 aromatic heterocycles. The fourth-order valence-corrected chi connectivity index (χ4v) is 3.14. The molecule has 7 heteroatoms. The minimum atomic E-state index is -0.447. The largest absolute Gasteiger partial charge is 0.482 e. The van der Waals surface area contributed by atoms with Crippen molar-refractivity contribution in [3.63, 3.8) is 0 Å². The average molecular weight is 352 g/mol. The van der Waals surface area contributed by atoms with Crippen molar-refractivity contribution in [1.82, 2.24) is 0 Å². The predicted octanol–water partition coefficient (Wildman–Crippen LogP) is 2.32. The highest BCUT2D eigenvalue weighted by molar-refractivity contribution is 6.30. The van der Waals surface area contributed by atoms with Crippen LogP contribution in [0.4, 0.5) is 5.69 Å². The number of benzene rings is 1. The van der Waals surface area contributed by atoms with E-state index >= 15 is 0 Å². The van der Waals surface area contributed by atoms with E-state index in [1.807, 2.05) is 0 Å². The molecule has 0 N–H and O–H groups in total. The minimum Gasteiger partial charge on any atom is -0.482 e. The molecule has 0 spiro atoms. The first-order valence-electron chi connectivity index (χ1n) is 7.94. The molecule has 0 radical (unpaired) electrons. The van der Waals surface area contributed by atoms with Gasteiger partial charge in [0.1, 0.15) is 18.4 Å². The molecule has 1 aromatic rings. The van der Waals surface area contributed by atoms with Crippen molar-refractivity contribution in [2.45, 2.75) is 31.8 Å². The summed E-state index contributed by atoms with van der Waals surface area (Å²) in [5.41, 5.74) is 0.766. The number of nitrogens with zero attached hydrogens (tertiary/aromatic N) is 1. The van der Waals surface area contributed by atoms with Gasteiger partial charge >= 0.3 is 5.97 Å². The number of Topliss-reactive ketones (excluding diaryl/α,β-unsaturated/α-hetero) is 1. The Morgan fingerprint density at radius 3 is 2.75 bits per heavy atom. The van der Waals surface area contributed by atoms with Gasteiger partial charge in [0, 0.05) is 5.56 Å². The Bertz CT molecular complexity index is 669. The van der Waals surface area contributed by atoms with Crippen LogP contribution < -0.4 is 9.64 Å². The molecule has 1 fully saturated rings. The number of anilines is 1. The van der Waals surface area contributed by atoms with Crippen LogP contribution in [-0.4, -0.2) is 42.8 Å². The summed E-state index contributed by atoms with van der Waals surface area (Å²) in [5, 5.41) is 0. The van der Waals surface area contributed by atoms with Crippen LogP contribution >= 0.6 is 11.6 Å². The van der Waals surface area contributed by atoms with E-state index in [2.05, 4.69) is 0 Å². The van der Waals surface area contributed by atoms with Crippen LogP contribution in [0.2, 0.25) is 0 Å². The Morgan fingerprint density at radius 2 is 2.04 bits per heavy atom. The molecule has 2 aliphatic rings. The molecule has 3 rings (SSSR count). The molecule has 6 nitrogen and oxygen atoms in total. The third-order valence-electron chi connectivity index (χ3n) is 4.23. The number of esters is 1. The van der Waals surface area contributed by atoms with Gasteiger partial charge in [0.25, 0.3) is 5.91 Å². The lowest BCUT2D eigenvalue weighted by Gasteiger charge is -2.29. The van der Waals surface area contributed by atoms with Crippen LogP contribution in [0, 0.1) is 0 Å². The fourth-order valence-electron chi connectivity index (χ4n) is 2.98. The molecule has 0 unspecified atom stereocenters. The zero-order valence-electron chi connectivity index (χ0n) is 13.1. The Kier molecular flexibility index (Phi) is 5.04. The molecule has 1 heterocycles. The van der Waals surface area contributed by atoms with Gasteiger partial charge in [-0.25, -0.2) is 0 Å². The van der Waals surface area contributed by atoms with E-state index in [4.69, 9.17) is 21.1 Å². The van der Waals surface area contributed by atoms with Crippen molar-refractivity contribution in [3.05, 3.63) is 23.8 Å². The number of halogens is 1. The van der Waals surface area contributed by atoms with Crippen LogP contribution in [0.15, 0.2) is 18.2 Å². The van der Waals surface area contributed by atoms with Crippen LogP contribution in [0.25, 0.3) is 0 Å². The van der Waals surface area contributed by atoms with E-state index in [1.54, 1.807) is 12.1 Å². The average Bonchev–Trinajstić information content (AvgIpc) is 3.09. The molecule has 1 aliphatic carbocycles. The normalized spacial score (nSPS) is 17.4. The van der Waals surface area contributed by atoms with Crippen molar-refractivity contribution in [2.75, 3.05) is 23.9 Å². The summed E-state index contributed by atoms with van der Waals surface area (Å²) in [5.74, 6) is -0.754. The molecule has 1 aliphatic heterocycles. The van der Waals surface area contributed by atoms with Crippen molar-refractivity contribution >= 4 is 34.9 Å². The first-order valence-corrected chi connectivity index (χ1v) is 8.48. The monoisotopic (exact) mass is 351 g/mol. The highest BCUT2D eigenvalue weighted by Gasteiger charge is 2.30. The van der Waals surface area contributed by atoms with Crippen LogP contribution in [0.5, 0.6) is 5.75 Å². The van der Waals surface area contributed by atoms with E-state index in [0.717, 1.165) is 25.7 Å². The lowest BCUT2D eigenvalue weighted by atomic mass is 10.1. The van der Waals surface area contributed by atoms with Gasteiger partial charge in [-0.3, -0.25) is 19.3 Å². The number of hydrogen-bond acceptors (Lipinski definition) is 5. The van der Waals surface area contributed by atoms with E-state index in [1.165, 1.54) is 11.0 Å². The van der Waals surface area contributed by atoms with Gasteiger partial charge in [0.05, 0.1) is 11.6 Å². The van der Waals surface area contributed by atoms with E-state index in [9.17, 15) is 14.4 Å². The maximum absolute atomic E-state index is 12.2. The number of amides is 1. The Balaban J connectivity index is 1.78. The third kappa shape index (κ3) is 3.53. The highest BCUT2D eigenvalue weighted by atomic mass is 35.5. The number of carbonyl (C=O) groups is 3. The quantitative estimate of drug-likeness (QED) is 0.462. The van der Waals surface area contributed by atoms with Crippen LogP contribution in [-0.2, 0) is 14.3 Å². The number of carbonyl (C=O) groups excluding carboxylic acids is 3. The van der Waals surface area contributed by atoms with Gasteiger partial charge in [-0.2, -0.15) is 0 Å². The summed E-state index contributed by atoms with van der Waals surface area (Å²) < 4.78 is 10.8. The lowest BCUT2D eigenvalue weighted by Crippen LogP contribution is -2.43. The molecule has 0 saturated heterocycles. The fraction of sp³-hybridized carbons (Fsp3) is 0.471. The van der Waals surface area contributed by atoms with E-state index in [0.29, 0.717) is 17.0 Å². The molecule has 1 amide bonds. The van der Waals surface area contributed by atoms with E-state index in [-0.39, 0.29) is 36.8 Å². The van der Waals surface area contributed by atoms with Gasteiger partial charge in [0.15, 0.2) is 12.4 Å². The second-order valence-electron chi connectivity index (χ2n) is 5.90. The number of rotatable bonds is 5. The maximum Gasteiger partial charge on any atom is 0.326 e. The second-order valence-corrected chi connectivity index (χ2v) is 6.17. The molecule has 1 aromatic carbocycles. The van der Waals surface area contributed by atoms with E-state index < -0.39 is 5.97 Å². The highest BCUT2D eigenvalue weighted by Crippen LogP contribution is 2.33. The maximum atomic E-state index is 12.2. The Hall–Kier alpha value is -2.08. The van der Waals surface area contributed by atoms with Crippen LogP contribution in [0.1, 0.15) is 36.0 Å². The number of hydrogen-bond donors (Lipinski definition) is 0. The van der Waals surface area contributed by atoms with Crippen molar-refractivity contribution in [3.8, 4) is 5.75 Å². The SMILES string of the molecule is O=C(CN1C(=O)COc2ccc(C(=O)CCl)cc21)OC1CCCC1. The number of ether oxygens (including phenoxy) is 2. The zero-order valence-corrected chi connectivity index (χ0v) is 13.9. The van der Waals surface area contributed by atoms with Crippen LogP contribution in [0.3, 0.4) is 0 Å². The molecule has 24 heavy (non-hydrogen) atoms. The summed E-state index contributed by atoms with van der Waals surface area (Å²) in [6.45, 7) is -0.337. The van der Waals surface area contributed by atoms with Crippen molar-refractivity contribution in [1.29, 1.82) is 0 Å². The summed E-state index contributed by atoms with van der Waals surface area (Å²) in [4.78, 5) is 37.4. The first kappa shape index (κ1) is 16.8. The van der Waals surface area contributed by atoms with Gasteiger partial charge in [-0.15, -0.1) is 11.6 Å². The second kappa shape index (κ2) is 7.21.